The number of nitrogens with one attached hydrogen (secondary N) is 6. The Morgan fingerprint density at radius 2 is 1.38 bits per heavy atom. The molecular weight excluding hydrogens is 604 g/mol. The molecule has 3 heterocycles. The summed E-state index contributed by atoms with van der Waals surface area (Å²) < 4.78 is 4.71. The second kappa shape index (κ2) is 16.1. The fourth-order valence-corrected chi connectivity index (χ4v) is 5.57. The van der Waals surface area contributed by atoms with E-state index in [1.807, 2.05) is 0 Å². The summed E-state index contributed by atoms with van der Waals surface area (Å²) in [5, 5.41) is 14.1. The quantitative estimate of drug-likeness (QED) is 0.133. The Morgan fingerprint density at radius 1 is 0.766 bits per heavy atom. The van der Waals surface area contributed by atoms with Crippen molar-refractivity contribution in [3.8, 4) is 0 Å². The molecular formula is C32H47N10O5+. The van der Waals surface area contributed by atoms with E-state index in [0.717, 1.165) is 38.6 Å². The standard InChI is InChI=1S/C32H46N10O5/c1-39(2)15-9-14-34-30(45)24-17-23(19-40(24)3)36-32(47)28-37-26(20-42(28)5)38-31(46)25-16-22(18-41(25)4)35-27(43)12-8-13-33-29(44)21-10-6-7-11-21/h16-21H,6-15H2,1-5H3,(H,33,44)(H,34,45)(H,35,43)(H,36,47)(H,38,46)/p+1. The Kier molecular flexibility index (Phi) is 11.9. The van der Waals surface area contributed by atoms with Gasteiger partial charge in [-0.25, -0.2) is 4.98 Å². The average molecular weight is 652 g/mol. The van der Waals surface area contributed by atoms with E-state index >= 15 is 0 Å². The smallest absolute Gasteiger partial charge is 0.291 e. The van der Waals surface area contributed by atoms with Crippen LogP contribution in [-0.4, -0.2) is 82.0 Å². The molecule has 254 valence electrons. The van der Waals surface area contributed by atoms with Crippen molar-refractivity contribution in [3.05, 3.63) is 47.9 Å². The average Bonchev–Trinajstić information content (AvgIpc) is 3.81. The number of carbonyl (C=O) groups is 5. The van der Waals surface area contributed by atoms with Crippen LogP contribution in [0.25, 0.3) is 0 Å². The van der Waals surface area contributed by atoms with Crippen LogP contribution >= 0.6 is 0 Å². The molecule has 5 amide bonds. The third-order valence-electron chi connectivity index (χ3n) is 8.08. The fourth-order valence-electron chi connectivity index (χ4n) is 5.57. The number of imidazole rings is 1. The van der Waals surface area contributed by atoms with Crippen molar-refractivity contribution in [2.24, 2.45) is 27.1 Å². The Labute approximate surface area is 274 Å². The lowest BCUT2D eigenvalue weighted by Gasteiger charge is -2.10. The fraction of sp³-hybridized carbons (Fsp3) is 0.500. The zero-order valence-electron chi connectivity index (χ0n) is 27.9. The van der Waals surface area contributed by atoms with Gasteiger partial charge in [0.1, 0.15) is 11.4 Å². The van der Waals surface area contributed by atoms with Gasteiger partial charge >= 0.3 is 0 Å². The molecule has 0 bridgehead atoms. The van der Waals surface area contributed by atoms with E-state index in [1.54, 1.807) is 54.8 Å². The third-order valence-corrected chi connectivity index (χ3v) is 8.08. The maximum absolute atomic E-state index is 13.1. The topological polar surface area (TPSA) is 178 Å². The van der Waals surface area contributed by atoms with Gasteiger partial charge in [0, 0.05) is 71.6 Å². The monoisotopic (exact) mass is 651 g/mol. The summed E-state index contributed by atoms with van der Waals surface area (Å²) in [4.78, 5) is 68.9. The van der Waals surface area contributed by atoms with Gasteiger partial charge in [0.2, 0.25) is 17.6 Å². The molecule has 0 atom stereocenters. The molecule has 15 nitrogen and oxygen atoms in total. The van der Waals surface area contributed by atoms with Gasteiger partial charge in [0.25, 0.3) is 17.7 Å². The van der Waals surface area contributed by atoms with Crippen molar-refractivity contribution in [1.29, 1.82) is 0 Å². The van der Waals surface area contributed by atoms with Gasteiger partial charge < -0.3 is 45.2 Å². The summed E-state index contributed by atoms with van der Waals surface area (Å²) in [5.74, 6) is -1.04. The van der Waals surface area contributed by atoms with Gasteiger partial charge in [-0.1, -0.05) is 12.8 Å². The van der Waals surface area contributed by atoms with Crippen molar-refractivity contribution >= 4 is 46.7 Å². The van der Waals surface area contributed by atoms with E-state index in [2.05, 4.69) is 45.7 Å². The highest BCUT2D eigenvalue weighted by atomic mass is 16.2. The number of nitrogens with zero attached hydrogens (tertiary/aromatic N) is 4. The van der Waals surface area contributed by atoms with Crippen molar-refractivity contribution in [2.75, 3.05) is 49.7 Å². The van der Waals surface area contributed by atoms with Crippen LogP contribution in [0.3, 0.4) is 0 Å². The molecule has 3 aromatic heterocycles. The van der Waals surface area contributed by atoms with Crippen LogP contribution in [0.1, 0.15) is 76.5 Å². The molecule has 0 radical (unpaired) electrons. The molecule has 0 aliphatic heterocycles. The van der Waals surface area contributed by atoms with Crippen molar-refractivity contribution in [2.45, 2.75) is 44.9 Å². The predicted molar refractivity (Wildman–Crippen MR) is 177 cm³/mol. The number of hydrogen-bond donors (Lipinski definition) is 6. The minimum Gasteiger partial charge on any atom is -0.356 e. The minimum atomic E-state index is -0.513. The lowest BCUT2D eigenvalue weighted by Crippen LogP contribution is -3.05. The summed E-state index contributed by atoms with van der Waals surface area (Å²) in [5.41, 5.74) is 1.58. The Bertz CT molecular complexity index is 1590. The number of quaternary nitrogens is 1. The molecule has 0 saturated heterocycles. The molecule has 1 saturated carbocycles. The largest absolute Gasteiger partial charge is 0.356 e. The predicted octanol–water partition coefficient (Wildman–Crippen LogP) is 0.891. The molecule has 1 aliphatic rings. The first-order valence-electron chi connectivity index (χ1n) is 16.0. The Morgan fingerprint density at radius 3 is 2.04 bits per heavy atom. The van der Waals surface area contributed by atoms with Crippen LogP contribution in [0, 0.1) is 5.92 Å². The van der Waals surface area contributed by atoms with Crippen LogP contribution in [0.15, 0.2) is 30.7 Å². The first kappa shape index (κ1) is 34.9. The van der Waals surface area contributed by atoms with E-state index < -0.39 is 11.8 Å². The normalized spacial score (nSPS) is 13.1. The van der Waals surface area contributed by atoms with E-state index in [1.165, 1.54) is 15.7 Å². The van der Waals surface area contributed by atoms with Crippen LogP contribution in [0.2, 0.25) is 0 Å². The number of anilines is 3. The van der Waals surface area contributed by atoms with Gasteiger partial charge in [0.05, 0.1) is 32.0 Å². The number of carbonyl (C=O) groups excluding carboxylic acids is 5. The number of hydrogen-bond acceptors (Lipinski definition) is 6. The molecule has 15 heteroatoms. The highest BCUT2D eigenvalue weighted by Crippen LogP contribution is 2.24. The first-order valence-corrected chi connectivity index (χ1v) is 16.0. The Hall–Kier alpha value is -4.92. The number of amides is 5. The zero-order chi connectivity index (χ0) is 34.1. The van der Waals surface area contributed by atoms with E-state index in [0.29, 0.717) is 36.6 Å². The second-order valence-corrected chi connectivity index (χ2v) is 12.4. The summed E-state index contributed by atoms with van der Waals surface area (Å²) in [6, 6.07) is 3.15. The van der Waals surface area contributed by atoms with E-state index in [4.69, 9.17) is 0 Å². The van der Waals surface area contributed by atoms with Gasteiger partial charge in [0.15, 0.2) is 5.82 Å². The Balaban J connectivity index is 1.26. The highest BCUT2D eigenvalue weighted by Gasteiger charge is 2.22. The van der Waals surface area contributed by atoms with E-state index in [-0.39, 0.29) is 47.4 Å². The van der Waals surface area contributed by atoms with Crippen LogP contribution in [-0.2, 0) is 30.7 Å². The molecule has 4 rings (SSSR count). The number of aromatic nitrogens is 4. The van der Waals surface area contributed by atoms with Gasteiger partial charge in [-0.15, -0.1) is 0 Å². The van der Waals surface area contributed by atoms with Gasteiger partial charge in [-0.3, -0.25) is 24.0 Å². The zero-order valence-corrected chi connectivity index (χ0v) is 27.9. The molecule has 6 N–H and O–H groups in total. The lowest BCUT2D eigenvalue weighted by atomic mass is 10.1. The van der Waals surface area contributed by atoms with Gasteiger partial charge in [-0.05, 0) is 31.4 Å². The van der Waals surface area contributed by atoms with Crippen molar-refractivity contribution in [3.63, 3.8) is 0 Å². The van der Waals surface area contributed by atoms with Crippen LogP contribution < -0.4 is 31.5 Å². The summed E-state index contributed by atoms with van der Waals surface area (Å²) >= 11 is 0. The lowest BCUT2D eigenvalue weighted by molar-refractivity contribution is -0.858. The number of rotatable bonds is 15. The van der Waals surface area contributed by atoms with Crippen LogP contribution in [0.5, 0.6) is 0 Å². The van der Waals surface area contributed by atoms with Crippen molar-refractivity contribution < 1.29 is 28.9 Å². The molecule has 3 aromatic rings. The van der Waals surface area contributed by atoms with E-state index in [9.17, 15) is 24.0 Å². The minimum absolute atomic E-state index is 0.0561. The molecule has 0 aromatic carbocycles. The maximum atomic E-state index is 13.1. The van der Waals surface area contributed by atoms with Gasteiger partial charge in [-0.2, -0.15) is 0 Å². The molecule has 1 fully saturated rings. The van der Waals surface area contributed by atoms with Crippen molar-refractivity contribution in [1.82, 2.24) is 29.3 Å². The second-order valence-electron chi connectivity index (χ2n) is 12.4. The number of aryl methyl sites for hydroxylation is 3. The summed E-state index contributed by atoms with van der Waals surface area (Å²) in [6.07, 6.45) is 10.4. The molecule has 0 spiro atoms. The third kappa shape index (κ3) is 9.78. The molecule has 0 unspecified atom stereocenters. The summed E-state index contributed by atoms with van der Waals surface area (Å²) in [6.45, 7) is 1.94. The first-order chi connectivity index (χ1) is 22.4. The van der Waals surface area contributed by atoms with Crippen LogP contribution in [0.4, 0.5) is 17.2 Å². The maximum Gasteiger partial charge on any atom is 0.291 e. The molecule has 47 heavy (non-hydrogen) atoms. The SMILES string of the molecule is Cn1cc(NC(=O)c2nc(NC(=O)c3cc(NC(=O)CCCNC(=O)C4CCCC4)cn3C)cn2C)cc1C(=O)NCCC[NH+](C)C. The molecule has 1 aliphatic carbocycles. The highest BCUT2D eigenvalue weighted by molar-refractivity contribution is 6.06. The summed E-state index contributed by atoms with van der Waals surface area (Å²) in [7, 11) is 9.15.